The molecule has 0 aliphatic rings. The van der Waals surface area contributed by atoms with Gasteiger partial charge in [0, 0.05) is 23.3 Å². The second-order valence-corrected chi connectivity index (χ2v) is 4.66. The van der Waals surface area contributed by atoms with Crippen LogP contribution in [0.25, 0.3) is 0 Å². The number of benzene rings is 1. The summed E-state index contributed by atoms with van der Waals surface area (Å²) in [5, 5.41) is 14.7. The molecule has 2 aromatic rings. The van der Waals surface area contributed by atoms with E-state index in [0.29, 0.717) is 16.3 Å². The fraction of sp³-hybridized carbons (Fsp3) is 0.182. The van der Waals surface area contributed by atoms with E-state index in [2.05, 4.69) is 21.0 Å². The normalized spacial score (nSPS) is 12.8. The Bertz CT molecular complexity index is 512. The van der Waals surface area contributed by atoms with Crippen LogP contribution < -0.4 is 0 Å². The minimum atomic E-state index is -0.766. The number of nitrogens with zero attached hydrogens (tertiary/aromatic N) is 2. The zero-order valence-electron chi connectivity index (χ0n) is 8.56. The van der Waals surface area contributed by atoms with Gasteiger partial charge >= 0.3 is 0 Å². The highest BCUT2D eigenvalue weighted by Crippen LogP contribution is 2.32. The predicted octanol–water partition coefficient (Wildman–Crippen LogP) is 2.92. The van der Waals surface area contributed by atoms with E-state index < -0.39 is 6.10 Å². The van der Waals surface area contributed by atoms with Crippen molar-refractivity contribution in [1.82, 2.24) is 9.78 Å². The average molecular weight is 302 g/mol. The number of aliphatic hydroxyl groups is 1. The van der Waals surface area contributed by atoms with Crippen molar-refractivity contribution in [2.24, 2.45) is 7.05 Å². The van der Waals surface area contributed by atoms with Crippen molar-refractivity contribution in [3.63, 3.8) is 0 Å². The minimum absolute atomic E-state index is 0.524. The Morgan fingerprint density at radius 1 is 1.44 bits per heavy atom. The molecular weight excluding hydrogens is 291 g/mol. The van der Waals surface area contributed by atoms with Crippen LogP contribution in [0.4, 0.5) is 0 Å². The molecule has 0 radical (unpaired) electrons. The van der Waals surface area contributed by atoms with Gasteiger partial charge in [0.2, 0.25) is 0 Å². The van der Waals surface area contributed by atoms with E-state index >= 15 is 0 Å². The van der Waals surface area contributed by atoms with Crippen LogP contribution in [0.2, 0.25) is 5.02 Å². The number of aliphatic hydroxyl groups excluding tert-OH is 1. The monoisotopic (exact) mass is 300 g/mol. The molecule has 1 aromatic carbocycles. The smallest absolute Gasteiger partial charge is 0.122 e. The summed E-state index contributed by atoms with van der Waals surface area (Å²) in [6, 6.07) is 7.24. The molecule has 0 aliphatic heterocycles. The molecule has 0 saturated heterocycles. The quantitative estimate of drug-likeness (QED) is 0.926. The molecule has 1 unspecified atom stereocenters. The first kappa shape index (κ1) is 11.6. The molecule has 0 saturated carbocycles. The summed E-state index contributed by atoms with van der Waals surface area (Å²) in [5.41, 5.74) is 1.37. The maximum absolute atomic E-state index is 10.2. The van der Waals surface area contributed by atoms with Gasteiger partial charge < -0.3 is 5.11 Å². The first-order valence-electron chi connectivity index (χ1n) is 4.71. The molecule has 0 bridgehead atoms. The first-order chi connectivity index (χ1) is 7.61. The van der Waals surface area contributed by atoms with Crippen LogP contribution in [0, 0.1) is 0 Å². The summed E-state index contributed by atoms with van der Waals surface area (Å²) in [4.78, 5) is 0. The van der Waals surface area contributed by atoms with Crippen molar-refractivity contribution < 1.29 is 5.11 Å². The van der Waals surface area contributed by atoms with Gasteiger partial charge in [-0.15, -0.1) is 0 Å². The van der Waals surface area contributed by atoms with Crippen molar-refractivity contribution in [2.45, 2.75) is 6.10 Å². The van der Waals surface area contributed by atoms with Crippen molar-refractivity contribution in [1.29, 1.82) is 0 Å². The molecule has 0 aliphatic carbocycles. The Morgan fingerprint density at radius 3 is 2.81 bits per heavy atom. The Hall–Kier alpha value is -0.840. The van der Waals surface area contributed by atoms with Crippen molar-refractivity contribution in [2.75, 3.05) is 0 Å². The molecule has 1 N–H and O–H groups in total. The highest BCUT2D eigenvalue weighted by atomic mass is 79.9. The zero-order valence-corrected chi connectivity index (χ0v) is 10.9. The summed E-state index contributed by atoms with van der Waals surface area (Å²) < 4.78 is 2.40. The van der Waals surface area contributed by atoms with Crippen LogP contribution in [0.5, 0.6) is 0 Å². The molecule has 5 heteroatoms. The molecule has 3 nitrogen and oxygen atoms in total. The molecule has 1 heterocycles. The second kappa shape index (κ2) is 4.57. The van der Waals surface area contributed by atoms with Gasteiger partial charge in [-0.05, 0) is 28.1 Å². The summed E-state index contributed by atoms with van der Waals surface area (Å²) in [5.74, 6) is 0. The lowest BCUT2D eigenvalue weighted by atomic mass is 10.1. The van der Waals surface area contributed by atoms with Gasteiger partial charge in [-0.1, -0.05) is 23.7 Å². The zero-order chi connectivity index (χ0) is 11.7. The van der Waals surface area contributed by atoms with Crippen LogP contribution in [0.15, 0.2) is 34.9 Å². The van der Waals surface area contributed by atoms with Gasteiger partial charge in [-0.25, -0.2) is 0 Å². The summed E-state index contributed by atoms with van der Waals surface area (Å²) in [7, 11) is 1.78. The van der Waals surface area contributed by atoms with Crippen LogP contribution in [0.1, 0.15) is 17.4 Å². The molecule has 0 amide bonds. The summed E-state index contributed by atoms with van der Waals surface area (Å²) in [6.07, 6.45) is 0.877. The second-order valence-electron chi connectivity index (χ2n) is 3.43. The number of hydrogen-bond acceptors (Lipinski definition) is 2. The highest BCUT2D eigenvalue weighted by Gasteiger charge is 2.17. The summed E-state index contributed by atoms with van der Waals surface area (Å²) >= 11 is 9.45. The third-order valence-electron chi connectivity index (χ3n) is 2.42. The lowest BCUT2D eigenvalue weighted by Gasteiger charge is -2.13. The number of halogens is 2. The standard InChI is InChI=1S/C11H10BrClN2O/c1-15-9(5-6-14-15)11(16)7-3-2-4-8(12)10(7)13/h2-6,11,16H,1H3. The van der Waals surface area contributed by atoms with Crippen LogP contribution in [-0.4, -0.2) is 14.9 Å². The fourth-order valence-electron chi connectivity index (χ4n) is 1.54. The number of aromatic nitrogens is 2. The van der Waals surface area contributed by atoms with Crippen LogP contribution >= 0.6 is 27.5 Å². The van der Waals surface area contributed by atoms with Crippen molar-refractivity contribution in [3.05, 3.63) is 51.2 Å². The van der Waals surface area contributed by atoms with Gasteiger partial charge in [0.1, 0.15) is 6.10 Å². The number of rotatable bonds is 2. The molecule has 0 spiro atoms. The van der Waals surface area contributed by atoms with Crippen molar-refractivity contribution in [3.8, 4) is 0 Å². The molecule has 1 atom stereocenters. The highest BCUT2D eigenvalue weighted by molar-refractivity contribution is 9.10. The molecule has 1 aromatic heterocycles. The van der Waals surface area contributed by atoms with Crippen molar-refractivity contribution >= 4 is 27.5 Å². The van der Waals surface area contributed by atoms with E-state index in [-0.39, 0.29) is 0 Å². The number of hydrogen-bond donors (Lipinski definition) is 1. The first-order valence-corrected chi connectivity index (χ1v) is 5.88. The predicted molar refractivity (Wildman–Crippen MR) is 66.4 cm³/mol. The maximum Gasteiger partial charge on any atom is 0.122 e. The average Bonchev–Trinajstić information content (AvgIpc) is 2.68. The molecule has 2 rings (SSSR count). The van der Waals surface area contributed by atoms with E-state index in [1.807, 2.05) is 12.1 Å². The van der Waals surface area contributed by atoms with Gasteiger partial charge in [0.15, 0.2) is 0 Å². The summed E-state index contributed by atoms with van der Waals surface area (Å²) in [6.45, 7) is 0. The third-order valence-corrected chi connectivity index (χ3v) is 3.73. The Kier molecular flexibility index (Phi) is 3.33. The molecule has 16 heavy (non-hydrogen) atoms. The maximum atomic E-state index is 10.2. The molecule has 0 fully saturated rings. The van der Waals surface area contributed by atoms with Gasteiger partial charge in [-0.2, -0.15) is 5.10 Å². The fourth-order valence-corrected chi connectivity index (χ4v) is 2.15. The van der Waals surface area contributed by atoms with E-state index in [9.17, 15) is 5.11 Å². The van der Waals surface area contributed by atoms with E-state index in [4.69, 9.17) is 11.6 Å². The van der Waals surface area contributed by atoms with Gasteiger partial charge in [-0.3, -0.25) is 4.68 Å². The number of aryl methyl sites for hydroxylation is 1. The minimum Gasteiger partial charge on any atom is -0.382 e. The van der Waals surface area contributed by atoms with Gasteiger partial charge in [0.05, 0.1) is 10.7 Å². The lowest BCUT2D eigenvalue weighted by molar-refractivity contribution is 0.210. The van der Waals surface area contributed by atoms with Crippen LogP contribution in [0.3, 0.4) is 0 Å². The van der Waals surface area contributed by atoms with E-state index in [0.717, 1.165) is 4.47 Å². The van der Waals surface area contributed by atoms with Gasteiger partial charge in [0.25, 0.3) is 0 Å². The SMILES string of the molecule is Cn1nccc1C(O)c1cccc(Br)c1Cl. The molecule has 84 valence electrons. The Balaban J connectivity index is 2.46. The lowest BCUT2D eigenvalue weighted by Crippen LogP contribution is -2.07. The Labute approximate surface area is 107 Å². The van der Waals surface area contributed by atoms with E-state index in [1.54, 1.807) is 30.1 Å². The molecular formula is C11H10BrClN2O. The van der Waals surface area contributed by atoms with Crippen LogP contribution in [-0.2, 0) is 7.05 Å². The third kappa shape index (κ3) is 2.00. The van der Waals surface area contributed by atoms with E-state index in [1.165, 1.54) is 0 Å². The largest absolute Gasteiger partial charge is 0.382 e. The topological polar surface area (TPSA) is 38.0 Å². The Morgan fingerprint density at radius 2 is 2.19 bits per heavy atom.